The standard InChI is InChI=1S/C13H18F2N2O2/c1-2-8(3-4-18)7-17-13(19)9-5-12(16)11(15)6-10(9)14/h5-6,8,18H,2-4,7,16H2,1H3,(H,17,19). The van der Waals surface area contributed by atoms with Gasteiger partial charge in [-0.05, 0) is 18.4 Å². The van der Waals surface area contributed by atoms with Crippen molar-refractivity contribution in [3.63, 3.8) is 0 Å². The lowest BCUT2D eigenvalue weighted by atomic mass is 10.0. The van der Waals surface area contributed by atoms with Crippen LogP contribution in [0.2, 0.25) is 0 Å². The van der Waals surface area contributed by atoms with Crippen molar-refractivity contribution in [2.75, 3.05) is 18.9 Å². The molecule has 1 rings (SSSR count). The van der Waals surface area contributed by atoms with Crippen molar-refractivity contribution in [1.82, 2.24) is 5.32 Å². The normalized spacial score (nSPS) is 12.2. The Balaban J connectivity index is 2.70. The third-order valence-corrected chi connectivity index (χ3v) is 3.00. The number of rotatable bonds is 6. The van der Waals surface area contributed by atoms with Crippen LogP contribution in [0.25, 0.3) is 0 Å². The van der Waals surface area contributed by atoms with E-state index in [-0.39, 0.29) is 23.8 Å². The van der Waals surface area contributed by atoms with Crippen LogP contribution in [0.5, 0.6) is 0 Å². The Morgan fingerprint density at radius 1 is 1.42 bits per heavy atom. The molecule has 1 aromatic rings. The highest BCUT2D eigenvalue weighted by atomic mass is 19.1. The number of hydrogen-bond donors (Lipinski definition) is 3. The van der Waals surface area contributed by atoms with Gasteiger partial charge in [-0.25, -0.2) is 8.78 Å². The van der Waals surface area contributed by atoms with E-state index < -0.39 is 17.5 Å². The first-order valence-corrected chi connectivity index (χ1v) is 6.13. The monoisotopic (exact) mass is 272 g/mol. The number of carbonyl (C=O) groups is 1. The molecule has 0 aliphatic heterocycles. The highest BCUT2D eigenvalue weighted by Crippen LogP contribution is 2.16. The number of anilines is 1. The fourth-order valence-electron chi connectivity index (χ4n) is 1.71. The van der Waals surface area contributed by atoms with Crippen molar-refractivity contribution in [2.45, 2.75) is 19.8 Å². The van der Waals surface area contributed by atoms with E-state index in [1.165, 1.54) is 0 Å². The van der Waals surface area contributed by atoms with Gasteiger partial charge in [0, 0.05) is 19.2 Å². The first kappa shape index (κ1) is 15.4. The van der Waals surface area contributed by atoms with E-state index in [0.717, 1.165) is 12.5 Å². The van der Waals surface area contributed by atoms with E-state index in [1.807, 2.05) is 6.92 Å². The van der Waals surface area contributed by atoms with E-state index in [9.17, 15) is 13.6 Å². The van der Waals surface area contributed by atoms with Gasteiger partial charge in [0.25, 0.3) is 5.91 Å². The van der Waals surface area contributed by atoms with Crippen LogP contribution in [0, 0.1) is 17.6 Å². The number of benzene rings is 1. The topological polar surface area (TPSA) is 75.3 Å². The predicted molar refractivity (Wildman–Crippen MR) is 68.6 cm³/mol. The molecular formula is C13H18F2N2O2. The molecule has 1 amide bonds. The predicted octanol–water partition coefficient (Wildman–Crippen LogP) is 1.69. The molecule has 6 heteroatoms. The molecule has 19 heavy (non-hydrogen) atoms. The Morgan fingerprint density at radius 3 is 2.68 bits per heavy atom. The maximum Gasteiger partial charge on any atom is 0.254 e. The van der Waals surface area contributed by atoms with Crippen LogP contribution < -0.4 is 11.1 Å². The summed E-state index contributed by atoms with van der Waals surface area (Å²) in [5.41, 5.74) is 4.75. The minimum absolute atomic E-state index is 0.0340. The Morgan fingerprint density at radius 2 is 2.11 bits per heavy atom. The molecule has 1 unspecified atom stereocenters. The molecule has 0 radical (unpaired) electrons. The van der Waals surface area contributed by atoms with Gasteiger partial charge in [0.1, 0.15) is 11.6 Å². The fourth-order valence-corrected chi connectivity index (χ4v) is 1.71. The molecule has 4 N–H and O–H groups in total. The SMILES string of the molecule is CCC(CCO)CNC(=O)c1cc(N)c(F)cc1F. The van der Waals surface area contributed by atoms with Gasteiger partial charge in [-0.1, -0.05) is 13.3 Å². The van der Waals surface area contributed by atoms with Gasteiger partial charge in [0.15, 0.2) is 0 Å². The zero-order chi connectivity index (χ0) is 14.4. The number of amides is 1. The molecule has 0 saturated heterocycles. The minimum atomic E-state index is -0.945. The van der Waals surface area contributed by atoms with Gasteiger partial charge >= 0.3 is 0 Å². The Labute approximate surface area is 110 Å². The van der Waals surface area contributed by atoms with Crippen LogP contribution in [0.4, 0.5) is 14.5 Å². The number of aliphatic hydroxyl groups is 1. The van der Waals surface area contributed by atoms with Crippen molar-refractivity contribution in [2.24, 2.45) is 5.92 Å². The lowest BCUT2D eigenvalue weighted by Gasteiger charge is -2.14. The van der Waals surface area contributed by atoms with Crippen molar-refractivity contribution < 1.29 is 18.7 Å². The molecule has 0 heterocycles. The highest BCUT2D eigenvalue weighted by Gasteiger charge is 2.16. The highest BCUT2D eigenvalue weighted by molar-refractivity contribution is 5.95. The van der Waals surface area contributed by atoms with Gasteiger partial charge in [0.2, 0.25) is 0 Å². The summed E-state index contributed by atoms with van der Waals surface area (Å²) < 4.78 is 26.4. The van der Waals surface area contributed by atoms with Gasteiger partial charge in [-0.3, -0.25) is 4.79 Å². The lowest BCUT2D eigenvalue weighted by molar-refractivity contribution is 0.0939. The average molecular weight is 272 g/mol. The van der Waals surface area contributed by atoms with Crippen molar-refractivity contribution in [3.8, 4) is 0 Å². The molecule has 0 fully saturated rings. The van der Waals surface area contributed by atoms with Crippen molar-refractivity contribution >= 4 is 11.6 Å². The number of nitrogen functional groups attached to an aromatic ring is 1. The second-order valence-electron chi connectivity index (χ2n) is 4.35. The molecule has 106 valence electrons. The van der Waals surface area contributed by atoms with E-state index in [1.54, 1.807) is 0 Å². The summed E-state index contributed by atoms with van der Waals surface area (Å²) in [4.78, 5) is 11.8. The summed E-state index contributed by atoms with van der Waals surface area (Å²) in [6, 6.07) is 1.57. The van der Waals surface area contributed by atoms with Crippen LogP contribution >= 0.6 is 0 Å². The first-order chi connectivity index (χ1) is 8.99. The van der Waals surface area contributed by atoms with Crippen LogP contribution in [0.1, 0.15) is 30.1 Å². The van der Waals surface area contributed by atoms with Crippen molar-refractivity contribution in [1.29, 1.82) is 0 Å². The summed E-state index contributed by atoms with van der Waals surface area (Å²) in [7, 11) is 0. The van der Waals surface area contributed by atoms with E-state index >= 15 is 0 Å². The van der Waals surface area contributed by atoms with Gasteiger partial charge in [-0.15, -0.1) is 0 Å². The molecule has 0 spiro atoms. The fraction of sp³-hybridized carbons (Fsp3) is 0.462. The van der Waals surface area contributed by atoms with Crippen molar-refractivity contribution in [3.05, 3.63) is 29.3 Å². The summed E-state index contributed by atoms with van der Waals surface area (Å²) in [6.45, 7) is 2.29. The van der Waals surface area contributed by atoms with Gasteiger partial charge in [-0.2, -0.15) is 0 Å². The Bertz CT molecular complexity index is 453. The van der Waals surface area contributed by atoms with E-state index in [0.29, 0.717) is 19.0 Å². The molecule has 1 atom stereocenters. The number of carbonyl (C=O) groups excluding carboxylic acids is 1. The third kappa shape index (κ3) is 4.17. The van der Waals surface area contributed by atoms with E-state index in [2.05, 4.69) is 5.32 Å². The zero-order valence-corrected chi connectivity index (χ0v) is 10.7. The molecule has 0 aliphatic carbocycles. The maximum atomic E-state index is 13.4. The van der Waals surface area contributed by atoms with Crippen LogP contribution in [0.3, 0.4) is 0 Å². The third-order valence-electron chi connectivity index (χ3n) is 3.00. The largest absolute Gasteiger partial charge is 0.396 e. The van der Waals surface area contributed by atoms with Gasteiger partial charge < -0.3 is 16.2 Å². The maximum absolute atomic E-state index is 13.4. The summed E-state index contributed by atoms with van der Waals surface area (Å²) in [6.07, 6.45) is 1.35. The molecule has 4 nitrogen and oxygen atoms in total. The summed E-state index contributed by atoms with van der Waals surface area (Å²) in [5, 5.41) is 11.4. The number of aliphatic hydroxyl groups excluding tert-OH is 1. The molecule has 0 aliphatic rings. The van der Waals surface area contributed by atoms with Crippen LogP contribution in [0.15, 0.2) is 12.1 Å². The second-order valence-corrected chi connectivity index (χ2v) is 4.35. The van der Waals surface area contributed by atoms with E-state index in [4.69, 9.17) is 10.8 Å². The van der Waals surface area contributed by atoms with Crippen LogP contribution in [-0.4, -0.2) is 24.2 Å². The zero-order valence-electron chi connectivity index (χ0n) is 10.7. The molecule has 0 bridgehead atoms. The Hall–Kier alpha value is -1.69. The molecule has 1 aromatic carbocycles. The average Bonchev–Trinajstić information content (AvgIpc) is 2.38. The molecule has 0 saturated carbocycles. The lowest BCUT2D eigenvalue weighted by Crippen LogP contribution is -2.30. The smallest absolute Gasteiger partial charge is 0.254 e. The quantitative estimate of drug-likeness (QED) is 0.690. The first-order valence-electron chi connectivity index (χ1n) is 6.13. The minimum Gasteiger partial charge on any atom is -0.396 e. The Kier molecular flexibility index (Phi) is 5.69. The molecular weight excluding hydrogens is 254 g/mol. The number of hydrogen-bond acceptors (Lipinski definition) is 3. The molecule has 0 aromatic heterocycles. The van der Waals surface area contributed by atoms with Crippen LogP contribution in [-0.2, 0) is 0 Å². The number of nitrogens with one attached hydrogen (secondary N) is 1. The summed E-state index contributed by atoms with van der Waals surface area (Å²) in [5.74, 6) is -2.35. The summed E-state index contributed by atoms with van der Waals surface area (Å²) >= 11 is 0. The number of halogens is 2. The number of nitrogens with two attached hydrogens (primary N) is 1. The second kappa shape index (κ2) is 7.04. The van der Waals surface area contributed by atoms with Gasteiger partial charge in [0.05, 0.1) is 11.3 Å².